The molecule has 1 amide bonds. The zero-order valence-corrected chi connectivity index (χ0v) is 17.3. The van der Waals surface area contributed by atoms with Gasteiger partial charge in [0.15, 0.2) is 0 Å². The topological polar surface area (TPSA) is 66.7 Å². The fraction of sp³-hybridized carbons (Fsp3) is 0.458. The van der Waals surface area contributed by atoms with Crippen molar-refractivity contribution >= 4 is 17.3 Å². The van der Waals surface area contributed by atoms with E-state index >= 15 is 0 Å². The summed E-state index contributed by atoms with van der Waals surface area (Å²) >= 11 is 0. The lowest BCUT2D eigenvalue weighted by Crippen LogP contribution is -2.45. The highest BCUT2D eigenvalue weighted by Crippen LogP contribution is 2.32. The molecular weight excluding hydrogens is 378 g/mol. The van der Waals surface area contributed by atoms with Gasteiger partial charge >= 0.3 is 0 Å². The molecule has 0 aromatic heterocycles. The molecule has 0 spiro atoms. The van der Waals surface area contributed by atoms with Crippen molar-refractivity contribution in [3.05, 3.63) is 70.3 Å². The normalized spacial score (nSPS) is 18.4. The van der Waals surface area contributed by atoms with Gasteiger partial charge in [-0.1, -0.05) is 42.5 Å². The maximum Gasteiger partial charge on any atom is 0.292 e. The first-order valence-corrected chi connectivity index (χ1v) is 10.9. The predicted molar refractivity (Wildman–Crippen MR) is 117 cm³/mol. The van der Waals surface area contributed by atoms with Crippen molar-refractivity contribution < 1.29 is 9.72 Å². The van der Waals surface area contributed by atoms with Crippen LogP contribution in [0.3, 0.4) is 0 Å². The highest BCUT2D eigenvalue weighted by Gasteiger charge is 2.32. The summed E-state index contributed by atoms with van der Waals surface area (Å²) in [7, 11) is 0. The lowest BCUT2D eigenvalue weighted by atomic mass is 9.88. The van der Waals surface area contributed by atoms with Gasteiger partial charge in [-0.15, -0.1) is 0 Å². The zero-order valence-electron chi connectivity index (χ0n) is 17.3. The Kier molecular flexibility index (Phi) is 6.31. The number of nitro groups is 1. The molecule has 2 heterocycles. The van der Waals surface area contributed by atoms with Crippen LogP contribution in [0.2, 0.25) is 0 Å². The molecule has 2 aromatic carbocycles. The summed E-state index contributed by atoms with van der Waals surface area (Å²) in [5.41, 5.74) is 2.18. The van der Waals surface area contributed by atoms with Crippen molar-refractivity contribution in [1.82, 2.24) is 4.90 Å². The molecule has 4 rings (SSSR count). The molecule has 0 saturated carbocycles. The minimum atomic E-state index is -0.327. The van der Waals surface area contributed by atoms with Crippen LogP contribution >= 0.6 is 0 Å². The summed E-state index contributed by atoms with van der Waals surface area (Å²) in [4.78, 5) is 28.1. The van der Waals surface area contributed by atoms with Gasteiger partial charge in [-0.05, 0) is 49.7 Å². The highest BCUT2D eigenvalue weighted by molar-refractivity contribution is 5.79. The number of hydrogen-bond donors (Lipinski definition) is 0. The largest absolute Gasteiger partial charge is 0.366 e. The van der Waals surface area contributed by atoms with Crippen LogP contribution < -0.4 is 4.90 Å². The number of carbonyl (C=O) groups excluding carboxylic acids is 1. The van der Waals surface area contributed by atoms with Crippen molar-refractivity contribution in [2.75, 3.05) is 31.1 Å². The average Bonchev–Trinajstić information content (AvgIpc) is 2.80. The van der Waals surface area contributed by atoms with Crippen LogP contribution in [0.15, 0.2) is 54.6 Å². The van der Waals surface area contributed by atoms with Crippen molar-refractivity contribution in [1.29, 1.82) is 0 Å². The number of benzene rings is 2. The molecule has 0 unspecified atom stereocenters. The van der Waals surface area contributed by atoms with E-state index in [2.05, 4.69) is 24.3 Å². The number of anilines is 1. The molecule has 2 aliphatic rings. The summed E-state index contributed by atoms with van der Waals surface area (Å²) < 4.78 is 0. The Morgan fingerprint density at radius 3 is 2.20 bits per heavy atom. The minimum Gasteiger partial charge on any atom is -0.366 e. The molecule has 2 aromatic rings. The van der Waals surface area contributed by atoms with E-state index in [-0.39, 0.29) is 22.4 Å². The third-order valence-corrected chi connectivity index (χ3v) is 6.56. The summed E-state index contributed by atoms with van der Waals surface area (Å²) in [6.45, 7) is 3.07. The van der Waals surface area contributed by atoms with Crippen LogP contribution in [-0.2, 0) is 11.2 Å². The second kappa shape index (κ2) is 9.28. The van der Waals surface area contributed by atoms with Gasteiger partial charge in [0, 0.05) is 38.2 Å². The lowest BCUT2D eigenvalue weighted by molar-refractivity contribution is -0.384. The van der Waals surface area contributed by atoms with Gasteiger partial charge in [0.05, 0.1) is 4.92 Å². The van der Waals surface area contributed by atoms with Crippen LogP contribution in [-0.4, -0.2) is 41.9 Å². The standard InChI is InChI=1S/C24H29N3O3/c28-24(26-14-10-20(11-15-26)18-19-6-2-1-3-7-19)21-12-16-25(17-13-21)22-8-4-5-9-23(22)27(29)30/h1-9,20-21H,10-18H2. The van der Waals surface area contributed by atoms with E-state index in [1.165, 1.54) is 5.56 Å². The molecule has 30 heavy (non-hydrogen) atoms. The third-order valence-electron chi connectivity index (χ3n) is 6.56. The van der Waals surface area contributed by atoms with E-state index in [4.69, 9.17) is 0 Å². The Labute approximate surface area is 177 Å². The van der Waals surface area contributed by atoms with Gasteiger partial charge < -0.3 is 9.80 Å². The van der Waals surface area contributed by atoms with Gasteiger partial charge in [-0.25, -0.2) is 0 Å². The van der Waals surface area contributed by atoms with Gasteiger partial charge in [0.25, 0.3) is 5.69 Å². The molecular formula is C24H29N3O3. The number of hydrogen-bond acceptors (Lipinski definition) is 4. The number of piperidine rings is 2. The Hall–Kier alpha value is -2.89. The van der Waals surface area contributed by atoms with E-state index in [0.29, 0.717) is 24.7 Å². The number of rotatable bonds is 5. The molecule has 2 saturated heterocycles. The third kappa shape index (κ3) is 4.64. The van der Waals surface area contributed by atoms with Crippen LogP contribution in [0.25, 0.3) is 0 Å². The van der Waals surface area contributed by atoms with E-state index in [1.54, 1.807) is 18.2 Å². The number of nitro benzene ring substituents is 1. The number of amides is 1. The Balaban J connectivity index is 1.28. The molecule has 0 radical (unpaired) electrons. The fourth-order valence-electron chi connectivity index (χ4n) is 4.82. The molecule has 158 valence electrons. The van der Waals surface area contributed by atoms with E-state index in [1.807, 2.05) is 21.9 Å². The molecule has 2 fully saturated rings. The number of nitrogens with zero attached hydrogens (tertiary/aromatic N) is 3. The SMILES string of the molecule is O=C(C1CCN(c2ccccc2[N+](=O)[O-])CC1)N1CCC(Cc2ccccc2)CC1. The van der Waals surface area contributed by atoms with Gasteiger partial charge in [-0.3, -0.25) is 14.9 Å². The van der Waals surface area contributed by atoms with E-state index in [0.717, 1.165) is 45.2 Å². The predicted octanol–water partition coefficient (Wildman–Crippen LogP) is 4.29. The van der Waals surface area contributed by atoms with Crippen LogP contribution in [0.1, 0.15) is 31.2 Å². The second-order valence-electron chi connectivity index (χ2n) is 8.47. The second-order valence-corrected chi connectivity index (χ2v) is 8.47. The molecule has 0 aliphatic carbocycles. The van der Waals surface area contributed by atoms with Gasteiger partial charge in [0.1, 0.15) is 5.69 Å². The van der Waals surface area contributed by atoms with Crippen LogP contribution in [0, 0.1) is 22.0 Å². The van der Waals surface area contributed by atoms with Crippen molar-refractivity contribution in [3.63, 3.8) is 0 Å². The Morgan fingerprint density at radius 2 is 1.53 bits per heavy atom. The zero-order chi connectivity index (χ0) is 20.9. The first-order valence-electron chi connectivity index (χ1n) is 10.9. The van der Waals surface area contributed by atoms with Crippen molar-refractivity contribution in [2.45, 2.75) is 32.1 Å². The van der Waals surface area contributed by atoms with Crippen LogP contribution in [0.5, 0.6) is 0 Å². The first kappa shape index (κ1) is 20.4. The average molecular weight is 408 g/mol. The lowest BCUT2D eigenvalue weighted by Gasteiger charge is -2.38. The van der Waals surface area contributed by atoms with Crippen LogP contribution in [0.4, 0.5) is 11.4 Å². The highest BCUT2D eigenvalue weighted by atomic mass is 16.6. The molecule has 6 nitrogen and oxygen atoms in total. The monoisotopic (exact) mass is 407 g/mol. The first-order chi connectivity index (χ1) is 14.6. The summed E-state index contributed by atoms with van der Waals surface area (Å²) in [5.74, 6) is 0.960. The minimum absolute atomic E-state index is 0.0368. The smallest absolute Gasteiger partial charge is 0.292 e. The molecule has 2 aliphatic heterocycles. The summed E-state index contributed by atoms with van der Waals surface area (Å²) in [6.07, 6.45) is 4.74. The van der Waals surface area contributed by atoms with E-state index < -0.39 is 0 Å². The molecule has 6 heteroatoms. The Bertz CT molecular complexity index is 870. The molecule has 0 bridgehead atoms. The van der Waals surface area contributed by atoms with E-state index in [9.17, 15) is 14.9 Å². The molecule has 0 N–H and O–H groups in total. The molecule has 0 atom stereocenters. The number of para-hydroxylation sites is 2. The maximum absolute atomic E-state index is 13.0. The van der Waals surface area contributed by atoms with Gasteiger partial charge in [-0.2, -0.15) is 0 Å². The quantitative estimate of drug-likeness (QED) is 0.548. The van der Waals surface area contributed by atoms with Crippen molar-refractivity contribution in [2.24, 2.45) is 11.8 Å². The van der Waals surface area contributed by atoms with Crippen molar-refractivity contribution in [3.8, 4) is 0 Å². The number of likely N-dealkylation sites (tertiary alicyclic amines) is 1. The maximum atomic E-state index is 13.0. The summed E-state index contributed by atoms with van der Waals surface area (Å²) in [6, 6.07) is 17.5. The summed E-state index contributed by atoms with van der Waals surface area (Å²) in [5, 5.41) is 11.3. The Morgan fingerprint density at radius 1 is 0.900 bits per heavy atom. The fourth-order valence-corrected chi connectivity index (χ4v) is 4.82. The number of carbonyl (C=O) groups is 1. The van der Waals surface area contributed by atoms with Gasteiger partial charge in [0.2, 0.25) is 5.91 Å².